The number of nitrogens with one attached hydrogen (secondary N) is 2. The minimum absolute atomic E-state index is 0.0118. The SMILES string of the molecule is CCOc1ccc(-c2ccc3c(c2)c(C(=O)NS(=O)(=O)c2ccc4ccc(S(=O)(=O)NCCSc5ccccc5)cc4c2)cn3C)cc1F. The molecule has 6 aromatic rings. The first-order valence-electron chi connectivity index (χ1n) is 15.3. The first kappa shape index (κ1) is 34.2. The molecule has 1 heterocycles. The van der Waals surface area contributed by atoms with Crippen LogP contribution in [0.4, 0.5) is 4.39 Å². The summed E-state index contributed by atoms with van der Waals surface area (Å²) in [5, 5.41) is 1.47. The van der Waals surface area contributed by atoms with E-state index in [1.54, 1.807) is 54.9 Å². The number of hydrogen-bond donors (Lipinski definition) is 2. The van der Waals surface area contributed by atoms with Crippen molar-refractivity contribution in [3.8, 4) is 16.9 Å². The summed E-state index contributed by atoms with van der Waals surface area (Å²) in [7, 11) is -6.51. The number of sulfonamides is 2. The van der Waals surface area contributed by atoms with Crippen molar-refractivity contribution in [2.45, 2.75) is 21.6 Å². The topological polar surface area (TPSA) is 124 Å². The van der Waals surface area contributed by atoms with Crippen LogP contribution in [0.3, 0.4) is 0 Å². The molecule has 0 aliphatic carbocycles. The van der Waals surface area contributed by atoms with E-state index in [2.05, 4.69) is 9.44 Å². The fourth-order valence-corrected chi connectivity index (χ4v) is 8.41. The second-order valence-corrected chi connectivity index (χ2v) is 15.7. The van der Waals surface area contributed by atoms with Gasteiger partial charge in [0.15, 0.2) is 11.6 Å². The van der Waals surface area contributed by atoms with Crippen LogP contribution in [0.25, 0.3) is 32.8 Å². The number of ether oxygens (including phenoxy) is 1. The monoisotopic (exact) mass is 717 g/mol. The molecule has 0 unspecified atom stereocenters. The number of carbonyl (C=O) groups is 1. The number of rotatable bonds is 12. The number of aryl methyl sites for hydroxylation is 1. The van der Waals surface area contributed by atoms with Crippen LogP contribution in [0.5, 0.6) is 5.75 Å². The van der Waals surface area contributed by atoms with Crippen molar-refractivity contribution in [3.05, 3.63) is 121 Å². The predicted octanol–water partition coefficient (Wildman–Crippen LogP) is 6.73. The summed E-state index contributed by atoms with van der Waals surface area (Å²) < 4.78 is 79.3. The summed E-state index contributed by atoms with van der Waals surface area (Å²) in [6.45, 7) is 2.29. The molecule has 5 aromatic carbocycles. The summed E-state index contributed by atoms with van der Waals surface area (Å²) in [5.41, 5.74) is 1.97. The van der Waals surface area contributed by atoms with Crippen LogP contribution in [-0.2, 0) is 27.1 Å². The lowest BCUT2D eigenvalue weighted by atomic mass is 10.0. The molecule has 1 amide bonds. The van der Waals surface area contributed by atoms with Gasteiger partial charge in [-0.2, -0.15) is 0 Å². The fourth-order valence-electron chi connectivity index (χ4n) is 5.42. The molecule has 49 heavy (non-hydrogen) atoms. The number of thioether (sulfide) groups is 1. The highest BCUT2D eigenvalue weighted by Crippen LogP contribution is 2.31. The van der Waals surface area contributed by atoms with E-state index in [0.717, 1.165) is 4.90 Å². The molecule has 1 aromatic heterocycles. The van der Waals surface area contributed by atoms with Crippen molar-refractivity contribution in [1.29, 1.82) is 0 Å². The van der Waals surface area contributed by atoms with E-state index < -0.39 is 31.8 Å². The third-order valence-electron chi connectivity index (χ3n) is 7.84. The molecule has 0 fully saturated rings. The first-order chi connectivity index (χ1) is 23.4. The quantitative estimate of drug-likeness (QED) is 0.106. The zero-order valence-corrected chi connectivity index (χ0v) is 29.0. The molecule has 0 aliphatic rings. The Bertz CT molecular complexity index is 2410. The van der Waals surface area contributed by atoms with Gasteiger partial charge in [-0.1, -0.05) is 42.5 Å². The molecule has 13 heteroatoms. The molecule has 0 saturated heterocycles. The van der Waals surface area contributed by atoms with Gasteiger partial charge >= 0.3 is 0 Å². The summed E-state index contributed by atoms with van der Waals surface area (Å²) in [6, 6.07) is 28.2. The average Bonchev–Trinajstić information content (AvgIpc) is 3.43. The van der Waals surface area contributed by atoms with Crippen molar-refractivity contribution in [1.82, 2.24) is 14.0 Å². The Hall–Kier alpha value is -4.69. The summed E-state index contributed by atoms with van der Waals surface area (Å²) in [6.07, 6.45) is 1.53. The number of carbonyl (C=O) groups excluding carboxylic acids is 1. The lowest BCUT2D eigenvalue weighted by Crippen LogP contribution is -2.30. The Labute approximate surface area is 288 Å². The van der Waals surface area contributed by atoms with Gasteiger partial charge in [0.25, 0.3) is 15.9 Å². The third kappa shape index (κ3) is 7.49. The smallest absolute Gasteiger partial charge is 0.267 e. The van der Waals surface area contributed by atoms with E-state index >= 15 is 0 Å². The van der Waals surface area contributed by atoms with E-state index in [9.17, 15) is 26.0 Å². The molecule has 0 spiro atoms. The normalized spacial score (nSPS) is 12.0. The van der Waals surface area contributed by atoms with E-state index in [0.29, 0.717) is 45.2 Å². The fraction of sp³-hybridized carbons (Fsp3) is 0.139. The second-order valence-electron chi connectivity index (χ2n) is 11.1. The van der Waals surface area contributed by atoms with Crippen LogP contribution >= 0.6 is 11.8 Å². The molecule has 0 radical (unpaired) electrons. The number of hydrogen-bond acceptors (Lipinski definition) is 7. The molecule has 0 bridgehead atoms. The van der Waals surface area contributed by atoms with Crippen molar-refractivity contribution in [2.75, 3.05) is 18.9 Å². The molecule has 252 valence electrons. The Balaban J connectivity index is 1.21. The Morgan fingerprint density at radius 1 is 0.816 bits per heavy atom. The lowest BCUT2D eigenvalue weighted by Gasteiger charge is -2.10. The van der Waals surface area contributed by atoms with Crippen LogP contribution in [0, 0.1) is 5.82 Å². The Morgan fingerprint density at radius 2 is 1.49 bits per heavy atom. The molecule has 2 N–H and O–H groups in total. The number of aromatic nitrogens is 1. The van der Waals surface area contributed by atoms with Crippen molar-refractivity contribution in [2.24, 2.45) is 7.05 Å². The highest BCUT2D eigenvalue weighted by molar-refractivity contribution is 7.99. The van der Waals surface area contributed by atoms with Gasteiger partial charge in [0.1, 0.15) is 0 Å². The zero-order valence-electron chi connectivity index (χ0n) is 26.5. The van der Waals surface area contributed by atoms with Crippen LogP contribution in [0.15, 0.2) is 124 Å². The third-order valence-corrected chi connectivity index (χ3v) is 11.6. The molecule has 0 atom stereocenters. The maximum atomic E-state index is 14.6. The van der Waals surface area contributed by atoms with Crippen molar-refractivity contribution >= 4 is 59.4 Å². The maximum Gasteiger partial charge on any atom is 0.267 e. The predicted molar refractivity (Wildman–Crippen MR) is 190 cm³/mol. The van der Waals surface area contributed by atoms with Gasteiger partial charge in [-0.25, -0.2) is 30.7 Å². The number of nitrogens with zero attached hydrogens (tertiary/aromatic N) is 1. The summed E-state index contributed by atoms with van der Waals surface area (Å²) >= 11 is 1.52. The van der Waals surface area contributed by atoms with Crippen molar-refractivity contribution < 1.29 is 30.8 Å². The Morgan fingerprint density at radius 3 is 2.18 bits per heavy atom. The van der Waals surface area contributed by atoms with E-state index in [4.69, 9.17) is 4.74 Å². The molecular weight excluding hydrogens is 686 g/mol. The van der Waals surface area contributed by atoms with Crippen LogP contribution < -0.4 is 14.2 Å². The van der Waals surface area contributed by atoms with Crippen LogP contribution in [0.1, 0.15) is 17.3 Å². The molecule has 9 nitrogen and oxygen atoms in total. The summed E-state index contributed by atoms with van der Waals surface area (Å²) in [5.74, 6) is -0.716. The van der Waals surface area contributed by atoms with E-state index in [-0.39, 0.29) is 27.6 Å². The number of halogens is 1. The van der Waals surface area contributed by atoms with Gasteiger partial charge in [0, 0.05) is 41.3 Å². The van der Waals surface area contributed by atoms with Gasteiger partial charge in [0.05, 0.1) is 22.0 Å². The highest BCUT2D eigenvalue weighted by atomic mass is 32.2. The van der Waals surface area contributed by atoms with E-state index in [1.807, 2.05) is 30.3 Å². The minimum atomic E-state index is -4.37. The van der Waals surface area contributed by atoms with Gasteiger partial charge < -0.3 is 9.30 Å². The average molecular weight is 718 g/mol. The highest BCUT2D eigenvalue weighted by Gasteiger charge is 2.23. The first-order valence-corrected chi connectivity index (χ1v) is 19.2. The molecule has 0 saturated carbocycles. The summed E-state index contributed by atoms with van der Waals surface area (Å²) in [4.78, 5) is 14.3. The van der Waals surface area contributed by atoms with Crippen LogP contribution in [-0.4, -0.2) is 46.2 Å². The van der Waals surface area contributed by atoms with Gasteiger partial charge in [-0.3, -0.25) is 4.79 Å². The molecule has 6 rings (SSSR count). The molecule has 0 aliphatic heterocycles. The Kier molecular flexibility index (Phi) is 9.79. The van der Waals surface area contributed by atoms with Gasteiger partial charge in [0.2, 0.25) is 10.0 Å². The van der Waals surface area contributed by atoms with Crippen molar-refractivity contribution in [3.63, 3.8) is 0 Å². The van der Waals surface area contributed by atoms with E-state index in [1.165, 1.54) is 54.4 Å². The van der Waals surface area contributed by atoms with Gasteiger partial charge in [-0.05, 0) is 89.5 Å². The second kappa shape index (κ2) is 14.0. The standard InChI is InChI=1S/C36H32FN3O6S3/c1-3-46-35-16-12-26(22-33(35)37)25-11-15-34-31(21-25)32(23-40(34)2)36(41)39-49(44,45)30-14-10-24-9-13-29(19-27(24)20-30)48(42,43)38-17-18-47-28-7-5-4-6-8-28/h4-16,19-23,38H,3,17-18H2,1-2H3,(H,39,41). The van der Waals surface area contributed by atoms with Gasteiger partial charge in [-0.15, -0.1) is 11.8 Å². The largest absolute Gasteiger partial charge is 0.491 e. The maximum absolute atomic E-state index is 14.6. The number of benzene rings is 5. The van der Waals surface area contributed by atoms with Crippen LogP contribution in [0.2, 0.25) is 0 Å². The number of amides is 1. The lowest BCUT2D eigenvalue weighted by molar-refractivity contribution is 0.0982. The zero-order chi connectivity index (χ0) is 34.8. The minimum Gasteiger partial charge on any atom is -0.491 e. The number of fused-ring (bicyclic) bond motifs is 2. The molecular formula is C36H32FN3O6S3.